The lowest BCUT2D eigenvalue weighted by atomic mass is 9.86. The highest BCUT2D eigenvalue weighted by Crippen LogP contribution is 2.39. The standard InChI is InChI=1S/C19H21FN6O/c1-27-16-10-13(19(20)4-6-21-7-5-19)2-3-14(16)15-11-17(26-25-15)24-18-12-22-8-9-23-18/h2-3,8-12,21H,4-7H2,1H3,(H2,23,24,25,26). The van der Waals surface area contributed by atoms with Gasteiger partial charge in [0, 0.05) is 24.0 Å². The number of hydrogen-bond acceptors (Lipinski definition) is 6. The minimum absolute atomic E-state index is 0.464. The number of hydrogen-bond donors (Lipinski definition) is 3. The van der Waals surface area contributed by atoms with Crippen molar-refractivity contribution in [1.29, 1.82) is 0 Å². The van der Waals surface area contributed by atoms with Crippen LogP contribution in [0.3, 0.4) is 0 Å². The van der Waals surface area contributed by atoms with Crippen LogP contribution >= 0.6 is 0 Å². The van der Waals surface area contributed by atoms with Crippen molar-refractivity contribution < 1.29 is 9.13 Å². The number of methoxy groups -OCH3 is 1. The van der Waals surface area contributed by atoms with Gasteiger partial charge in [-0.1, -0.05) is 6.07 Å². The summed E-state index contributed by atoms with van der Waals surface area (Å²) in [5.41, 5.74) is 0.924. The molecule has 1 aliphatic heterocycles. The number of benzene rings is 1. The lowest BCUT2D eigenvalue weighted by molar-refractivity contribution is 0.115. The van der Waals surface area contributed by atoms with E-state index < -0.39 is 5.67 Å². The van der Waals surface area contributed by atoms with Gasteiger partial charge in [-0.2, -0.15) is 5.10 Å². The van der Waals surface area contributed by atoms with Gasteiger partial charge in [-0.05, 0) is 43.6 Å². The van der Waals surface area contributed by atoms with Gasteiger partial charge in [-0.3, -0.25) is 10.1 Å². The fourth-order valence-corrected chi connectivity index (χ4v) is 3.32. The molecule has 3 heterocycles. The number of alkyl halides is 1. The number of aromatic amines is 1. The van der Waals surface area contributed by atoms with Crippen LogP contribution in [0.15, 0.2) is 42.9 Å². The second kappa shape index (κ2) is 7.32. The zero-order valence-corrected chi connectivity index (χ0v) is 15.0. The van der Waals surface area contributed by atoms with Crippen molar-refractivity contribution in [3.05, 3.63) is 48.4 Å². The van der Waals surface area contributed by atoms with Crippen molar-refractivity contribution in [3.8, 4) is 17.0 Å². The lowest BCUT2D eigenvalue weighted by Crippen LogP contribution is -2.36. The zero-order chi connectivity index (χ0) is 18.7. The molecule has 1 aliphatic rings. The van der Waals surface area contributed by atoms with E-state index in [-0.39, 0.29) is 0 Å². The Balaban J connectivity index is 1.60. The third kappa shape index (κ3) is 3.61. The molecule has 3 aromatic rings. The molecule has 0 bridgehead atoms. The largest absolute Gasteiger partial charge is 0.496 e. The van der Waals surface area contributed by atoms with E-state index >= 15 is 4.39 Å². The monoisotopic (exact) mass is 368 g/mol. The smallest absolute Gasteiger partial charge is 0.153 e. The van der Waals surface area contributed by atoms with E-state index in [1.807, 2.05) is 18.2 Å². The maximum absolute atomic E-state index is 15.3. The summed E-state index contributed by atoms with van der Waals surface area (Å²) in [6.07, 6.45) is 5.75. The van der Waals surface area contributed by atoms with E-state index in [1.54, 1.807) is 31.8 Å². The number of aromatic nitrogens is 4. The molecule has 8 heteroatoms. The summed E-state index contributed by atoms with van der Waals surface area (Å²) < 4.78 is 20.8. The van der Waals surface area contributed by atoms with Crippen molar-refractivity contribution in [3.63, 3.8) is 0 Å². The fraction of sp³-hybridized carbons (Fsp3) is 0.316. The van der Waals surface area contributed by atoms with Crippen LogP contribution in [0, 0.1) is 0 Å². The number of anilines is 2. The first kappa shape index (κ1) is 17.4. The molecule has 0 amide bonds. The van der Waals surface area contributed by atoms with Crippen LogP contribution in [0.4, 0.5) is 16.0 Å². The van der Waals surface area contributed by atoms with Crippen LogP contribution in [0.2, 0.25) is 0 Å². The average Bonchev–Trinajstić information content (AvgIpc) is 3.17. The molecule has 1 saturated heterocycles. The third-order valence-corrected chi connectivity index (χ3v) is 4.80. The van der Waals surface area contributed by atoms with Gasteiger partial charge < -0.3 is 15.4 Å². The molecule has 0 radical (unpaired) electrons. The molecule has 1 fully saturated rings. The van der Waals surface area contributed by atoms with E-state index in [1.165, 1.54) is 0 Å². The van der Waals surface area contributed by atoms with Gasteiger partial charge in [0.15, 0.2) is 5.82 Å². The molecule has 2 aromatic heterocycles. The van der Waals surface area contributed by atoms with Crippen LogP contribution in [-0.4, -0.2) is 40.4 Å². The highest BCUT2D eigenvalue weighted by atomic mass is 19.1. The molecular weight excluding hydrogens is 347 g/mol. The predicted octanol–water partition coefficient (Wildman–Crippen LogP) is 3.17. The molecule has 27 heavy (non-hydrogen) atoms. The molecular formula is C19H21FN6O. The number of nitrogens with zero attached hydrogens (tertiary/aromatic N) is 3. The molecule has 4 rings (SSSR count). The summed E-state index contributed by atoms with van der Waals surface area (Å²) in [6, 6.07) is 7.34. The number of halogens is 1. The summed E-state index contributed by atoms with van der Waals surface area (Å²) in [5.74, 6) is 1.82. The van der Waals surface area contributed by atoms with E-state index in [0.29, 0.717) is 48.9 Å². The minimum Gasteiger partial charge on any atom is -0.496 e. The molecule has 3 N–H and O–H groups in total. The van der Waals surface area contributed by atoms with Gasteiger partial charge in [-0.15, -0.1) is 0 Å². The quantitative estimate of drug-likeness (QED) is 0.641. The summed E-state index contributed by atoms with van der Waals surface area (Å²) in [6.45, 7) is 1.36. The fourth-order valence-electron chi connectivity index (χ4n) is 3.32. The Morgan fingerprint density at radius 3 is 2.74 bits per heavy atom. The Morgan fingerprint density at radius 2 is 2.00 bits per heavy atom. The Hall–Kier alpha value is -3.00. The van der Waals surface area contributed by atoms with Crippen LogP contribution < -0.4 is 15.4 Å². The average molecular weight is 368 g/mol. The van der Waals surface area contributed by atoms with Gasteiger partial charge in [0.25, 0.3) is 0 Å². The van der Waals surface area contributed by atoms with Crippen molar-refractivity contribution in [2.75, 3.05) is 25.5 Å². The van der Waals surface area contributed by atoms with E-state index in [9.17, 15) is 0 Å². The van der Waals surface area contributed by atoms with Crippen LogP contribution in [0.1, 0.15) is 18.4 Å². The minimum atomic E-state index is -1.32. The van der Waals surface area contributed by atoms with E-state index in [0.717, 1.165) is 11.3 Å². The maximum atomic E-state index is 15.3. The molecule has 0 spiro atoms. The Labute approximate surface area is 156 Å². The first-order valence-electron chi connectivity index (χ1n) is 8.85. The van der Waals surface area contributed by atoms with Gasteiger partial charge in [0.1, 0.15) is 17.2 Å². The highest BCUT2D eigenvalue weighted by Gasteiger charge is 2.34. The molecule has 0 saturated carbocycles. The van der Waals surface area contributed by atoms with Crippen LogP contribution in [0.25, 0.3) is 11.3 Å². The van der Waals surface area contributed by atoms with Crippen LogP contribution in [0.5, 0.6) is 5.75 Å². The maximum Gasteiger partial charge on any atom is 0.153 e. The number of rotatable bonds is 5. The van der Waals surface area contributed by atoms with Crippen molar-refractivity contribution >= 4 is 11.6 Å². The molecule has 0 aliphatic carbocycles. The molecule has 1 aromatic carbocycles. The van der Waals surface area contributed by atoms with Crippen molar-refractivity contribution in [2.24, 2.45) is 0 Å². The number of H-pyrrole nitrogens is 1. The Morgan fingerprint density at radius 1 is 1.15 bits per heavy atom. The summed E-state index contributed by atoms with van der Waals surface area (Å²) in [5, 5.41) is 13.5. The second-order valence-corrected chi connectivity index (χ2v) is 6.51. The summed E-state index contributed by atoms with van der Waals surface area (Å²) >= 11 is 0. The second-order valence-electron chi connectivity index (χ2n) is 6.51. The molecule has 0 unspecified atom stereocenters. The molecule has 140 valence electrons. The number of piperidine rings is 1. The molecule has 0 atom stereocenters. The van der Waals surface area contributed by atoms with Gasteiger partial charge in [0.05, 0.1) is 19.0 Å². The SMILES string of the molecule is COc1cc(C2(F)CCNCC2)ccc1-c1cc(Nc2cnccn2)n[nH]1. The zero-order valence-electron chi connectivity index (χ0n) is 15.0. The number of ether oxygens (including phenoxy) is 1. The molecule has 7 nitrogen and oxygen atoms in total. The number of nitrogens with one attached hydrogen (secondary N) is 3. The Kier molecular flexibility index (Phi) is 4.72. The van der Waals surface area contributed by atoms with Gasteiger partial charge in [0.2, 0.25) is 0 Å². The van der Waals surface area contributed by atoms with Gasteiger partial charge >= 0.3 is 0 Å². The first-order chi connectivity index (χ1) is 13.2. The third-order valence-electron chi connectivity index (χ3n) is 4.80. The van der Waals surface area contributed by atoms with Gasteiger partial charge in [-0.25, -0.2) is 9.37 Å². The Bertz CT molecular complexity index is 908. The first-order valence-corrected chi connectivity index (χ1v) is 8.85. The lowest BCUT2D eigenvalue weighted by Gasteiger charge is -2.30. The predicted molar refractivity (Wildman–Crippen MR) is 101 cm³/mol. The van der Waals surface area contributed by atoms with Crippen molar-refractivity contribution in [1.82, 2.24) is 25.5 Å². The van der Waals surface area contributed by atoms with Crippen molar-refractivity contribution in [2.45, 2.75) is 18.5 Å². The summed E-state index contributed by atoms with van der Waals surface area (Å²) in [7, 11) is 1.59. The highest BCUT2D eigenvalue weighted by molar-refractivity contribution is 5.71. The topological polar surface area (TPSA) is 87.8 Å². The van der Waals surface area contributed by atoms with Crippen LogP contribution in [-0.2, 0) is 5.67 Å². The van der Waals surface area contributed by atoms with E-state index in [4.69, 9.17) is 4.74 Å². The van der Waals surface area contributed by atoms with E-state index in [2.05, 4.69) is 30.8 Å². The normalized spacial score (nSPS) is 16.1. The summed E-state index contributed by atoms with van der Waals surface area (Å²) in [4.78, 5) is 8.17.